The van der Waals surface area contributed by atoms with Crippen molar-refractivity contribution in [1.29, 1.82) is 0 Å². The molecule has 3 unspecified atom stereocenters. The molecule has 9 N–H and O–H groups in total. The molecule has 33 nitrogen and oxygen atoms in total. The second kappa shape index (κ2) is 36.2. The van der Waals surface area contributed by atoms with Gasteiger partial charge in [-0.25, -0.2) is 15.0 Å². The van der Waals surface area contributed by atoms with Gasteiger partial charge in [-0.15, -0.1) is 0 Å². The maximum Gasteiger partial charge on any atom is 0.356 e. The lowest BCUT2D eigenvalue weighted by Crippen LogP contribution is -2.14. The molecule has 12 rings (SSSR count). The van der Waals surface area contributed by atoms with Crippen LogP contribution in [0.1, 0.15) is 55.8 Å². The highest BCUT2D eigenvalue weighted by molar-refractivity contribution is 7.54. The fraction of sp³-hybridized carbons (Fsp3) is 0.284. The number of rotatable bonds is 36. The van der Waals surface area contributed by atoms with Gasteiger partial charge in [0.05, 0.1) is 58.6 Å². The number of ketones is 3. The minimum Gasteiger partial charge on any atom is -0.369 e. The summed E-state index contributed by atoms with van der Waals surface area (Å²) in [5.74, 6) is -0.799. The topological polar surface area (TPSA) is 454 Å². The van der Waals surface area contributed by atoms with Crippen LogP contribution in [0.5, 0.6) is 0 Å². The molecule has 0 radical (unpaired) electrons. The number of nitrogens with two attached hydrogens (primary N) is 3. The second-order valence-corrected chi connectivity index (χ2v) is 29.0. The number of aromatic amines is 3. The largest absolute Gasteiger partial charge is 0.369 e. The van der Waals surface area contributed by atoms with Gasteiger partial charge in [-0.3, -0.25) is 71.0 Å². The van der Waals surface area contributed by atoms with Crippen molar-refractivity contribution in [3.05, 3.63) is 229 Å². The number of benzene rings is 5. The fourth-order valence-electron chi connectivity index (χ4n) is 9.53. The van der Waals surface area contributed by atoms with E-state index in [4.69, 9.17) is 58.6 Å². The lowest BCUT2D eigenvalue weighted by Gasteiger charge is -2.19. The molecule has 1 aliphatic carbocycles. The first-order valence-electron chi connectivity index (χ1n) is 32.0. The molecule has 0 bridgehead atoms. The summed E-state index contributed by atoms with van der Waals surface area (Å²) < 4.78 is 94.7. The number of Topliss-reactive ketones (excluding diaryl/α,β-unsaturated/α-hetero) is 3. The maximum atomic E-state index is 13.4. The molecule has 1 aliphatic rings. The van der Waals surface area contributed by atoms with Crippen molar-refractivity contribution < 1.29 is 69.4 Å². The Labute approximate surface area is 587 Å². The minimum atomic E-state index is -3.80. The van der Waals surface area contributed by atoms with E-state index in [1.807, 2.05) is 110 Å². The predicted octanol–water partition coefficient (Wildman–Crippen LogP) is 8.36. The predicted molar refractivity (Wildman–Crippen MR) is 379 cm³/mol. The molecular formula is C67H74N15O18P3. The number of nitrogens with zero attached hydrogens (tertiary/aromatic N) is 9. The molecule has 0 amide bonds. The van der Waals surface area contributed by atoms with Gasteiger partial charge >= 0.3 is 22.8 Å². The van der Waals surface area contributed by atoms with E-state index in [1.165, 1.54) is 19.0 Å². The minimum absolute atomic E-state index is 0.00361. The van der Waals surface area contributed by atoms with Crippen molar-refractivity contribution in [2.24, 2.45) is 5.92 Å². The summed E-state index contributed by atoms with van der Waals surface area (Å²) in [5, 5.41) is 0. The number of H-pyrrole nitrogens is 3. The molecule has 103 heavy (non-hydrogen) atoms. The Bertz CT molecular complexity index is 5000. The number of aryl methyl sites for hydroxylation is 1. The zero-order valence-corrected chi connectivity index (χ0v) is 58.3. The molecule has 0 saturated heterocycles. The van der Waals surface area contributed by atoms with E-state index in [9.17, 15) is 42.5 Å². The summed E-state index contributed by atoms with van der Waals surface area (Å²) in [6.07, 6.45) is 4.96. The third-order valence-electron chi connectivity index (χ3n) is 15.2. The van der Waals surface area contributed by atoms with Gasteiger partial charge in [-0.2, -0.15) is 15.0 Å². The monoisotopic (exact) mass is 1470 g/mol. The quantitative estimate of drug-likeness (QED) is 0.0122. The van der Waals surface area contributed by atoms with Crippen molar-refractivity contribution in [2.75, 3.05) is 75.9 Å². The Kier molecular flexibility index (Phi) is 26.5. The number of carbonyl (C=O) groups excluding carboxylic acids is 3. The average Bonchev–Trinajstić information content (AvgIpc) is 1.68. The number of carbonyl (C=O) groups is 3. The van der Waals surface area contributed by atoms with Crippen molar-refractivity contribution in [2.45, 2.75) is 59.2 Å². The zero-order valence-electron chi connectivity index (χ0n) is 55.6. The zero-order chi connectivity index (χ0) is 72.8. The summed E-state index contributed by atoms with van der Waals surface area (Å²) in [4.78, 5) is 104. The van der Waals surface area contributed by atoms with Crippen molar-refractivity contribution in [1.82, 2.24) is 58.6 Å². The number of nitrogens with one attached hydrogen (secondary N) is 3. The Balaban J connectivity index is 0.000000166. The molecule has 36 heteroatoms. The molecule has 6 heterocycles. The summed E-state index contributed by atoms with van der Waals surface area (Å²) in [5.41, 5.74) is 21.2. The second-order valence-electron chi connectivity index (χ2n) is 23.0. The number of ether oxygens (including phenoxy) is 3. The van der Waals surface area contributed by atoms with Crippen LogP contribution in [0.15, 0.2) is 179 Å². The molecular weight excluding hydrogens is 1400 g/mol. The molecule has 6 aromatic heterocycles. The lowest BCUT2D eigenvalue weighted by atomic mass is 10.1. The van der Waals surface area contributed by atoms with Gasteiger partial charge < -0.3 is 58.7 Å². The van der Waals surface area contributed by atoms with Gasteiger partial charge in [0.1, 0.15) is 38.9 Å². The highest BCUT2D eigenvalue weighted by Gasteiger charge is 2.34. The van der Waals surface area contributed by atoms with Crippen LogP contribution in [-0.4, -0.2) is 135 Å². The summed E-state index contributed by atoms with van der Waals surface area (Å²) in [6.45, 7) is 2.04. The number of anilines is 3. The van der Waals surface area contributed by atoms with Crippen molar-refractivity contribution >= 4 is 91.5 Å². The highest BCUT2D eigenvalue weighted by Crippen LogP contribution is 2.51. The SMILES string of the molecule is Cc1ccc(C(=O)COP(=O)(COCCn2cnc3c(=O)[nH]c(N)nc32)OCc2ccccc2)cc1.Nc1nc2c(ncn2CCOCP(=O)(OCC(=O)C2CC2)OCc2ccccc2)c(=O)[nH]1.Nc1nc2c(ncn2CCOCP(=O)(OCC(=O)c2ccccc2)OCc2ccccc2)c(=O)[nH]1. The Morgan fingerprint density at radius 3 is 1.08 bits per heavy atom. The van der Waals surface area contributed by atoms with Gasteiger partial charge in [0.15, 0.2) is 50.8 Å². The first kappa shape index (κ1) is 75.6. The van der Waals surface area contributed by atoms with E-state index in [1.54, 1.807) is 56.2 Å². The van der Waals surface area contributed by atoms with Gasteiger partial charge in [-0.1, -0.05) is 151 Å². The highest BCUT2D eigenvalue weighted by atomic mass is 31.2. The molecule has 11 aromatic rings. The normalized spacial score (nSPS) is 13.8. The number of nitrogen functional groups attached to an aromatic ring is 3. The van der Waals surface area contributed by atoms with Crippen LogP contribution in [0.4, 0.5) is 17.8 Å². The van der Waals surface area contributed by atoms with Crippen LogP contribution < -0.4 is 33.9 Å². The smallest absolute Gasteiger partial charge is 0.356 e. The van der Waals surface area contributed by atoms with E-state index in [0.29, 0.717) is 28.1 Å². The summed E-state index contributed by atoms with van der Waals surface area (Å²) in [7, 11) is -11.3. The molecule has 3 atom stereocenters. The van der Waals surface area contributed by atoms with E-state index in [2.05, 4.69) is 44.9 Å². The average molecular weight is 1470 g/mol. The van der Waals surface area contributed by atoms with Gasteiger partial charge in [0.25, 0.3) is 16.7 Å². The van der Waals surface area contributed by atoms with E-state index in [0.717, 1.165) is 35.1 Å². The van der Waals surface area contributed by atoms with Crippen LogP contribution in [0.3, 0.4) is 0 Å². The van der Waals surface area contributed by atoms with E-state index in [-0.39, 0.29) is 143 Å². The van der Waals surface area contributed by atoms with Crippen LogP contribution in [0.25, 0.3) is 33.5 Å². The van der Waals surface area contributed by atoms with E-state index >= 15 is 0 Å². The van der Waals surface area contributed by atoms with Crippen LogP contribution in [0, 0.1) is 12.8 Å². The number of aromatic nitrogens is 12. The van der Waals surface area contributed by atoms with Gasteiger partial charge in [-0.05, 0) is 36.5 Å². The van der Waals surface area contributed by atoms with Crippen LogP contribution in [0.2, 0.25) is 0 Å². The third kappa shape index (κ3) is 22.4. The third-order valence-corrected chi connectivity index (χ3v) is 19.8. The fourth-order valence-corrected chi connectivity index (χ4v) is 13.2. The van der Waals surface area contributed by atoms with Crippen molar-refractivity contribution in [3.8, 4) is 0 Å². The number of fused-ring (bicyclic) bond motifs is 3. The summed E-state index contributed by atoms with van der Waals surface area (Å²) >= 11 is 0. The molecule has 1 saturated carbocycles. The van der Waals surface area contributed by atoms with Gasteiger partial charge in [0, 0.05) is 36.7 Å². The van der Waals surface area contributed by atoms with Crippen molar-refractivity contribution in [3.63, 3.8) is 0 Å². The summed E-state index contributed by atoms with van der Waals surface area (Å²) in [6, 6.07) is 43.2. The first-order valence-corrected chi connectivity index (χ1v) is 37.2. The number of hydrogen-bond donors (Lipinski definition) is 6. The molecule has 1 fully saturated rings. The molecule has 5 aromatic carbocycles. The van der Waals surface area contributed by atoms with Crippen LogP contribution >= 0.6 is 22.8 Å². The Hall–Kier alpha value is -10.1. The number of hydrogen-bond acceptors (Lipinski definition) is 27. The maximum absolute atomic E-state index is 13.4. The Morgan fingerprint density at radius 2 is 0.748 bits per heavy atom. The first-order chi connectivity index (χ1) is 49.7. The Morgan fingerprint density at radius 1 is 0.437 bits per heavy atom. The molecule has 0 aliphatic heterocycles. The lowest BCUT2D eigenvalue weighted by molar-refractivity contribution is -0.122. The molecule has 0 spiro atoms. The van der Waals surface area contributed by atoms with E-state index < -0.39 is 52.7 Å². The van der Waals surface area contributed by atoms with Gasteiger partial charge in [0.2, 0.25) is 17.8 Å². The molecule has 540 valence electrons. The standard InChI is InChI=1S/C24H26N5O6P.C23H24N5O6P.C20H24N5O6P/c1-17-7-9-19(10-8-17)20(30)14-35-36(32,34-13-18-5-3-2-4-6-18)16-33-12-11-29-15-26-21-22(29)27-24(25)28-23(21)31;24-23-26-21-20(22(30)27-23)25-15-28(21)11-12-32-16-35(31,33-13-17-7-3-1-4-8-17)34-14-19(29)18-9-5-2-6-10-18;21-20-23-18-17(19(27)24-20)22-12-25(18)8-9-29-13-32(28,31-11-16(26)15-6-7-15)30-10-14-4-2-1-3-5-14/h2-10,15H,11-14,16H2,1H3,(H3,25,27,28,31);1-10,15H,11-14,16H2,(H3,24,26,27,30);1-5,12,15H,6-11,13H2,(H3,21,23,24,27). The number of imidazole rings is 3. The van der Waals surface area contributed by atoms with Crippen LogP contribution in [-0.2, 0) is 99.3 Å².